The minimum atomic E-state index is -2.94. The van der Waals surface area contributed by atoms with E-state index in [-0.39, 0.29) is 23.5 Å². The number of rotatable bonds is 3. The second kappa shape index (κ2) is 5.10. The summed E-state index contributed by atoms with van der Waals surface area (Å²) in [6.07, 6.45) is 0.838. The number of benzene rings is 1. The molecule has 1 aromatic carbocycles. The van der Waals surface area contributed by atoms with E-state index >= 15 is 0 Å². The molecule has 98 valence electrons. The summed E-state index contributed by atoms with van der Waals surface area (Å²) in [4.78, 5) is 11.8. The fourth-order valence-electron chi connectivity index (χ4n) is 2.17. The molecule has 1 fully saturated rings. The molecule has 1 aliphatic rings. The Balaban J connectivity index is 1.92. The molecule has 0 radical (unpaired) electrons. The fraction of sp³-hybridized carbons (Fsp3) is 0.462. The van der Waals surface area contributed by atoms with Gasteiger partial charge in [0.15, 0.2) is 9.84 Å². The minimum absolute atomic E-state index is 0.0759. The summed E-state index contributed by atoms with van der Waals surface area (Å²) in [5.74, 6) is 0.154. The lowest BCUT2D eigenvalue weighted by Crippen LogP contribution is -2.36. The molecular weight excluding hydrogens is 250 g/mol. The molecule has 1 N–H and O–H groups in total. The van der Waals surface area contributed by atoms with Crippen LogP contribution >= 0.6 is 0 Å². The normalized spacial score (nSPS) is 21.7. The van der Waals surface area contributed by atoms with Crippen LogP contribution in [0.15, 0.2) is 24.3 Å². The highest BCUT2D eigenvalue weighted by molar-refractivity contribution is 7.91. The number of hydrogen-bond acceptors (Lipinski definition) is 3. The first-order valence-electron chi connectivity index (χ1n) is 6.00. The molecule has 1 heterocycles. The van der Waals surface area contributed by atoms with Gasteiger partial charge in [-0.1, -0.05) is 24.3 Å². The van der Waals surface area contributed by atoms with Crippen molar-refractivity contribution >= 4 is 15.7 Å². The van der Waals surface area contributed by atoms with Gasteiger partial charge >= 0.3 is 0 Å². The monoisotopic (exact) mass is 267 g/mol. The predicted octanol–water partition coefficient (Wildman–Crippen LogP) is 0.841. The van der Waals surface area contributed by atoms with Gasteiger partial charge in [0.1, 0.15) is 0 Å². The molecule has 0 bridgehead atoms. The van der Waals surface area contributed by atoms with Gasteiger partial charge < -0.3 is 5.32 Å². The van der Waals surface area contributed by atoms with E-state index < -0.39 is 9.84 Å². The highest BCUT2D eigenvalue weighted by Crippen LogP contribution is 2.12. The van der Waals surface area contributed by atoms with Crippen molar-refractivity contribution in [2.45, 2.75) is 25.8 Å². The Hall–Kier alpha value is -1.36. The van der Waals surface area contributed by atoms with Gasteiger partial charge in [0.25, 0.3) is 0 Å². The number of aryl methyl sites for hydroxylation is 1. The molecule has 1 aromatic rings. The van der Waals surface area contributed by atoms with Crippen LogP contribution in [0.25, 0.3) is 0 Å². The molecule has 0 saturated carbocycles. The number of hydrogen-bond donors (Lipinski definition) is 1. The predicted molar refractivity (Wildman–Crippen MR) is 70.1 cm³/mol. The molecule has 1 aliphatic heterocycles. The maximum Gasteiger partial charge on any atom is 0.224 e. The fourth-order valence-corrected chi connectivity index (χ4v) is 3.84. The average molecular weight is 267 g/mol. The Morgan fingerprint density at radius 3 is 2.72 bits per heavy atom. The summed E-state index contributed by atoms with van der Waals surface area (Å²) < 4.78 is 22.6. The maximum absolute atomic E-state index is 11.8. The third-order valence-corrected chi connectivity index (χ3v) is 4.98. The van der Waals surface area contributed by atoms with Crippen molar-refractivity contribution in [3.63, 3.8) is 0 Å². The third kappa shape index (κ3) is 3.32. The van der Waals surface area contributed by atoms with Crippen LogP contribution in [-0.4, -0.2) is 31.9 Å². The van der Waals surface area contributed by atoms with E-state index in [1.54, 1.807) is 0 Å². The first-order chi connectivity index (χ1) is 8.46. The van der Waals surface area contributed by atoms with E-state index in [2.05, 4.69) is 5.32 Å². The van der Waals surface area contributed by atoms with E-state index in [0.717, 1.165) is 11.1 Å². The largest absolute Gasteiger partial charge is 0.352 e. The zero-order valence-corrected chi connectivity index (χ0v) is 11.2. The van der Waals surface area contributed by atoms with Crippen molar-refractivity contribution in [1.82, 2.24) is 5.32 Å². The molecule has 4 nitrogen and oxygen atoms in total. The summed E-state index contributed by atoms with van der Waals surface area (Å²) in [6.45, 7) is 1.96. The lowest BCUT2D eigenvalue weighted by atomic mass is 10.1. The molecule has 1 unspecified atom stereocenters. The smallest absolute Gasteiger partial charge is 0.224 e. The van der Waals surface area contributed by atoms with Gasteiger partial charge in [-0.05, 0) is 24.5 Å². The van der Waals surface area contributed by atoms with E-state index in [9.17, 15) is 13.2 Å². The summed E-state index contributed by atoms with van der Waals surface area (Å²) in [7, 11) is -2.94. The van der Waals surface area contributed by atoms with E-state index in [1.807, 2.05) is 31.2 Å². The first kappa shape index (κ1) is 13.1. The van der Waals surface area contributed by atoms with Crippen LogP contribution in [0.5, 0.6) is 0 Å². The van der Waals surface area contributed by atoms with Crippen molar-refractivity contribution in [3.8, 4) is 0 Å². The number of sulfone groups is 1. The Kier molecular flexibility index (Phi) is 3.71. The van der Waals surface area contributed by atoms with Crippen LogP contribution in [0.2, 0.25) is 0 Å². The molecule has 5 heteroatoms. The first-order valence-corrected chi connectivity index (χ1v) is 7.83. The van der Waals surface area contributed by atoms with Crippen LogP contribution in [-0.2, 0) is 21.1 Å². The Morgan fingerprint density at radius 2 is 2.11 bits per heavy atom. The van der Waals surface area contributed by atoms with Crippen LogP contribution in [0.1, 0.15) is 17.5 Å². The van der Waals surface area contributed by atoms with Gasteiger partial charge in [0.05, 0.1) is 17.9 Å². The Labute approximate surface area is 107 Å². The van der Waals surface area contributed by atoms with Crippen LogP contribution in [0.3, 0.4) is 0 Å². The van der Waals surface area contributed by atoms with Gasteiger partial charge in [0.2, 0.25) is 5.91 Å². The van der Waals surface area contributed by atoms with Crippen molar-refractivity contribution < 1.29 is 13.2 Å². The molecular formula is C13H17NO3S. The van der Waals surface area contributed by atoms with Gasteiger partial charge in [0, 0.05) is 6.04 Å². The lowest BCUT2D eigenvalue weighted by molar-refractivity contribution is -0.121. The average Bonchev–Trinajstić information content (AvgIpc) is 2.61. The highest BCUT2D eigenvalue weighted by Gasteiger charge is 2.28. The van der Waals surface area contributed by atoms with Crippen molar-refractivity contribution in [1.29, 1.82) is 0 Å². The van der Waals surface area contributed by atoms with Crippen LogP contribution < -0.4 is 5.32 Å². The zero-order valence-electron chi connectivity index (χ0n) is 10.3. The Bertz CT molecular complexity index is 551. The summed E-state index contributed by atoms with van der Waals surface area (Å²) in [6, 6.07) is 7.49. The molecule has 0 aliphatic carbocycles. The quantitative estimate of drug-likeness (QED) is 0.882. The second-order valence-electron chi connectivity index (χ2n) is 4.77. The number of carbonyl (C=O) groups is 1. The summed E-state index contributed by atoms with van der Waals surface area (Å²) in [5.41, 5.74) is 2.06. The number of carbonyl (C=O) groups excluding carboxylic acids is 1. The number of nitrogens with one attached hydrogen (secondary N) is 1. The second-order valence-corrected chi connectivity index (χ2v) is 7.00. The SMILES string of the molecule is Cc1ccccc1CC(=O)NC1CCS(=O)(=O)C1. The van der Waals surface area contributed by atoms with Gasteiger partial charge in [-0.25, -0.2) is 8.42 Å². The topological polar surface area (TPSA) is 63.2 Å². The number of amides is 1. The Morgan fingerprint density at radius 1 is 1.39 bits per heavy atom. The standard InChI is InChI=1S/C13H17NO3S/c1-10-4-2-3-5-11(10)8-13(15)14-12-6-7-18(16,17)9-12/h2-5,12H,6-9H2,1H3,(H,14,15). The molecule has 1 amide bonds. The minimum Gasteiger partial charge on any atom is -0.352 e. The van der Waals surface area contributed by atoms with Crippen molar-refractivity contribution in [2.75, 3.05) is 11.5 Å². The maximum atomic E-state index is 11.8. The van der Waals surface area contributed by atoms with Crippen molar-refractivity contribution in [2.24, 2.45) is 0 Å². The summed E-state index contributed by atoms with van der Waals surface area (Å²) >= 11 is 0. The molecule has 0 spiro atoms. The molecule has 0 aromatic heterocycles. The van der Waals surface area contributed by atoms with E-state index in [4.69, 9.17) is 0 Å². The van der Waals surface area contributed by atoms with Gasteiger partial charge in [-0.2, -0.15) is 0 Å². The molecule has 2 rings (SSSR count). The van der Waals surface area contributed by atoms with Gasteiger partial charge in [-0.15, -0.1) is 0 Å². The van der Waals surface area contributed by atoms with E-state index in [0.29, 0.717) is 12.8 Å². The highest BCUT2D eigenvalue weighted by atomic mass is 32.2. The molecule has 1 saturated heterocycles. The third-order valence-electron chi connectivity index (χ3n) is 3.21. The van der Waals surface area contributed by atoms with Crippen molar-refractivity contribution in [3.05, 3.63) is 35.4 Å². The van der Waals surface area contributed by atoms with Crippen LogP contribution in [0, 0.1) is 6.92 Å². The van der Waals surface area contributed by atoms with Crippen LogP contribution in [0.4, 0.5) is 0 Å². The molecule has 18 heavy (non-hydrogen) atoms. The summed E-state index contributed by atoms with van der Waals surface area (Å²) in [5, 5.41) is 2.79. The zero-order chi connectivity index (χ0) is 13.2. The lowest BCUT2D eigenvalue weighted by Gasteiger charge is -2.11. The van der Waals surface area contributed by atoms with Gasteiger partial charge in [-0.3, -0.25) is 4.79 Å². The van der Waals surface area contributed by atoms with E-state index in [1.165, 1.54) is 0 Å². The molecule has 1 atom stereocenters.